The second-order valence-electron chi connectivity index (χ2n) is 6.56. The Morgan fingerprint density at radius 3 is 2.60 bits per heavy atom. The number of benzene rings is 1. The molecule has 0 bridgehead atoms. The molecule has 9 heteroatoms. The number of nitrogens with one attached hydrogen (secondary N) is 1. The van der Waals surface area contributed by atoms with Gasteiger partial charge in [0.05, 0.1) is 12.2 Å². The smallest absolute Gasteiger partial charge is 0.341 e. The molecule has 0 aromatic heterocycles. The number of hydrogen-bond donors (Lipinski definition) is 2. The van der Waals surface area contributed by atoms with Crippen molar-refractivity contribution in [3.8, 4) is 5.75 Å². The van der Waals surface area contributed by atoms with Crippen molar-refractivity contribution in [3.05, 3.63) is 65.2 Å². The van der Waals surface area contributed by atoms with Gasteiger partial charge in [-0.15, -0.1) is 0 Å². The molecule has 30 heavy (non-hydrogen) atoms. The highest BCUT2D eigenvalue weighted by Crippen LogP contribution is 2.51. The molecule has 9 nitrogen and oxygen atoms in total. The minimum absolute atomic E-state index is 0.0632. The summed E-state index contributed by atoms with van der Waals surface area (Å²) in [6.07, 6.45) is 1.40. The standard InChI is InChI=1S/C21H22N2O7/c1-4-9-28-18(24)15-12(2)23-20(26)21(15)13-7-5-6-8-14(13)30-17(22)16(21)19(25)29-11-10-27-3/h4-8H,1,9-11,22H2,2-3H3,(H,23,26)/t21-/m0/s1. The molecule has 0 unspecified atom stereocenters. The van der Waals surface area contributed by atoms with Crippen LogP contribution in [0.25, 0.3) is 0 Å². The van der Waals surface area contributed by atoms with Crippen molar-refractivity contribution in [2.24, 2.45) is 5.73 Å². The maximum atomic E-state index is 13.3. The molecule has 1 aromatic carbocycles. The average molecular weight is 414 g/mol. The lowest BCUT2D eigenvalue weighted by Gasteiger charge is -2.35. The molecule has 0 saturated heterocycles. The summed E-state index contributed by atoms with van der Waals surface area (Å²) in [5.41, 5.74) is 4.35. The number of ether oxygens (including phenoxy) is 4. The summed E-state index contributed by atoms with van der Waals surface area (Å²) >= 11 is 0. The van der Waals surface area contributed by atoms with E-state index in [1.54, 1.807) is 31.2 Å². The summed E-state index contributed by atoms with van der Waals surface area (Å²) < 4.78 is 20.9. The summed E-state index contributed by atoms with van der Waals surface area (Å²) in [7, 11) is 1.45. The Hall–Kier alpha value is -3.59. The maximum Gasteiger partial charge on any atom is 0.341 e. The zero-order valence-electron chi connectivity index (χ0n) is 16.7. The first-order valence-electron chi connectivity index (χ1n) is 9.14. The Labute approximate surface area is 173 Å². The predicted molar refractivity (Wildman–Crippen MR) is 105 cm³/mol. The molecule has 2 heterocycles. The number of carbonyl (C=O) groups is 3. The van der Waals surface area contributed by atoms with E-state index in [2.05, 4.69) is 11.9 Å². The number of esters is 2. The van der Waals surface area contributed by atoms with Crippen molar-refractivity contribution in [1.82, 2.24) is 5.32 Å². The van der Waals surface area contributed by atoms with E-state index in [0.717, 1.165) is 0 Å². The first-order chi connectivity index (χ1) is 14.4. The summed E-state index contributed by atoms with van der Waals surface area (Å²) in [5.74, 6) is -2.43. The molecule has 2 aliphatic heterocycles. The number of fused-ring (bicyclic) bond motifs is 2. The lowest BCUT2D eigenvalue weighted by atomic mass is 9.67. The lowest BCUT2D eigenvalue weighted by molar-refractivity contribution is -0.143. The van der Waals surface area contributed by atoms with Crippen LogP contribution in [0.4, 0.5) is 0 Å². The third kappa shape index (κ3) is 3.22. The average Bonchev–Trinajstić information content (AvgIpc) is 2.96. The minimum Gasteiger partial charge on any atom is -0.460 e. The van der Waals surface area contributed by atoms with Crippen LogP contribution in [0, 0.1) is 0 Å². The van der Waals surface area contributed by atoms with Crippen LogP contribution in [0.15, 0.2) is 59.6 Å². The van der Waals surface area contributed by atoms with E-state index >= 15 is 0 Å². The maximum absolute atomic E-state index is 13.3. The number of para-hydroxylation sites is 1. The van der Waals surface area contributed by atoms with Crippen LogP contribution in [-0.2, 0) is 34.0 Å². The SMILES string of the molecule is C=CCOC(=O)C1=C(C)NC(=O)[C@]12C(C(=O)OCCOC)=C(N)Oc1ccccc12. The van der Waals surface area contributed by atoms with Gasteiger partial charge < -0.3 is 30.0 Å². The number of amides is 1. The van der Waals surface area contributed by atoms with Gasteiger partial charge >= 0.3 is 11.9 Å². The van der Waals surface area contributed by atoms with Crippen molar-refractivity contribution in [1.29, 1.82) is 0 Å². The van der Waals surface area contributed by atoms with Crippen molar-refractivity contribution in [3.63, 3.8) is 0 Å². The fraction of sp³-hybridized carbons (Fsp3) is 0.286. The Morgan fingerprint density at radius 1 is 1.20 bits per heavy atom. The van der Waals surface area contributed by atoms with Gasteiger partial charge in [0.15, 0.2) is 0 Å². The number of methoxy groups -OCH3 is 1. The Bertz CT molecular complexity index is 979. The number of allylic oxidation sites excluding steroid dienone is 1. The van der Waals surface area contributed by atoms with Crippen LogP contribution in [0.3, 0.4) is 0 Å². The molecule has 0 aliphatic carbocycles. The number of rotatable bonds is 7. The van der Waals surface area contributed by atoms with Crippen LogP contribution >= 0.6 is 0 Å². The molecule has 3 N–H and O–H groups in total. The molecule has 3 rings (SSSR count). The molecule has 0 fully saturated rings. The minimum atomic E-state index is -1.88. The fourth-order valence-electron chi connectivity index (χ4n) is 3.63. The van der Waals surface area contributed by atoms with E-state index in [9.17, 15) is 14.4 Å². The van der Waals surface area contributed by atoms with E-state index in [1.165, 1.54) is 13.2 Å². The molecular formula is C21H22N2O7. The van der Waals surface area contributed by atoms with Crippen LogP contribution < -0.4 is 15.8 Å². The number of nitrogens with two attached hydrogens (primary N) is 1. The first kappa shape index (κ1) is 21.1. The zero-order chi connectivity index (χ0) is 21.9. The van der Waals surface area contributed by atoms with E-state index in [1.807, 2.05) is 0 Å². The molecular weight excluding hydrogens is 392 g/mol. The van der Waals surface area contributed by atoms with Gasteiger partial charge in [-0.1, -0.05) is 30.9 Å². The third-order valence-corrected chi connectivity index (χ3v) is 4.79. The molecule has 1 atom stereocenters. The van der Waals surface area contributed by atoms with Gasteiger partial charge in [-0.05, 0) is 13.0 Å². The Morgan fingerprint density at radius 2 is 1.90 bits per heavy atom. The molecule has 1 aromatic rings. The third-order valence-electron chi connectivity index (χ3n) is 4.79. The quantitative estimate of drug-likeness (QED) is 0.381. The van der Waals surface area contributed by atoms with Crippen molar-refractivity contribution in [2.75, 3.05) is 26.9 Å². The van der Waals surface area contributed by atoms with Gasteiger partial charge in [0.25, 0.3) is 0 Å². The highest BCUT2D eigenvalue weighted by atomic mass is 16.6. The second-order valence-corrected chi connectivity index (χ2v) is 6.56. The van der Waals surface area contributed by atoms with Crippen LogP contribution in [0.1, 0.15) is 12.5 Å². The van der Waals surface area contributed by atoms with Crippen LogP contribution in [-0.4, -0.2) is 44.8 Å². The van der Waals surface area contributed by atoms with Gasteiger partial charge in [0.2, 0.25) is 11.8 Å². The highest BCUT2D eigenvalue weighted by molar-refractivity contribution is 6.17. The zero-order valence-corrected chi connectivity index (χ0v) is 16.7. The Balaban J connectivity index is 2.24. The van der Waals surface area contributed by atoms with Crippen LogP contribution in [0.5, 0.6) is 5.75 Å². The van der Waals surface area contributed by atoms with Gasteiger partial charge in [0.1, 0.15) is 30.0 Å². The highest BCUT2D eigenvalue weighted by Gasteiger charge is 2.61. The molecule has 1 spiro atoms. The van der Waals surface area contributed by atoms with Crippen molar-refractivity contribution >= 4 is 17.8 Å². The molecule has 158 valence electrons. The molecule has 0 radical (unpaired) electrons. The van der Waals surface area contributed by atoms with E-state index in [-0.39, 0.29) is 53.9 Å². The summed E-state index contributed by atoms with van der Waals surface area (Å²) in [5, 5.41) is 2.63. The van der Waals surface area contributed by atoms with Gasteiger partial charge in [-0.3, -0.25) is 4.79 Å². The van der Waals surface area contributed by atoms with Gasteiger partial charge in [-0.25, -0.2) is 9.59 Å². The van der Waals surface area contributed by atoms with Gasteiger partial charge in [-0.2, -0.15) is 0 Å². The molecule has 0 saturated carbocycles. The monoisotopic (exact) mass is 414 g/mol. The number of hydrogen-bond acceptors (Lipinski definition) is 8. The predicted octanol–water partition coefficient (Wildman–Crippen LogP) is 0.810. The summed E-state index contributed by atoms with van der Waals surface area (Å²) in [6, 6.07) is 6.52. The van der Waals surface area contributed by atoms with Crippen LogP contribution in [0.2, 0.25) is 0 Å². The Kier molecular flexibility index (Phi) is 5.93. The van der Waals surface area contributed by atoms with Crippen molar-refractivity contribution in [2.45, 2.75) is 12.3 Å². The normalized spacial score (nSPS) is 19.9. The molecule has 2 aliphatic rings. The largest absolute Gasteiger partial charge is 0.460 e. The van der Waals surface area contributed by atoms with Gasteiger partial charge in [0, 0.05) is 18.4 Å². The molecule has 1 amide bonds. The summed E-state index contributed by atoms with van der Waals surface area (Å²) in [4.78, 5) is 39.3. The van der Waals surface area contributed by atoms with E-state index in [4.69, 9.17) is 24.7 Å². The number of carbonyl (C=O) groups excluding carboxylic acids is 3. The second kappa shape index (κ2) is 8.42. The van der Waals surface area contributed by atoms with E-state index in [0.29, 0.717) is 0 Å². The fourth-order valence-corrected chi connectivity index (χ4v) is 3.63. The first-order valence-corrected chi connectivity index (χ1v) is 9.14. The lowest BCUT2D eigenvalue weighted by Crippen LogP contribution is -2.49. The topological polar surface area (TPSA) is 126 Å². The van der Waals surface area contributed by atoms with E-state index < -0.39 is 23.3 Å². The van der Waals surface area contributed by atoms with Crippen molar-refractivity contribution < 1.29 is 33.3 Å². The summed E-state index contributed by atoms with van der Waals surface area (Å²) in [6.45, 7) is 5.04.